The first-order valence-electron chi connectivity index (χ1n) is 10.4. The molecule has 0 saturated carbocycles. The van der Waals surface area contributed by atoms with Crippen LogP contribution >= 0.6 is 23.2 Å². The predicted octanol–water partition coefficient (Wildman–Crippen LogP) is 4.58. The zero-order valence-electron chi connectivity index (χ0n) is 17.3. The molecule has 3 aliphatic rings. The molecule has 2 saturated heterocycles. The Morgan fingerprint density at radius 1 is 1.26 bits per heavy atom. The van der Waals surface area contributed by atoms with E-state index in [1.165, 1.54) is 7.11 Å². The van der Waals surface area contributed by atoms with E-state index in [9.17, 15) is 9.59 Å². The molecule has 3 aliphatic heterocycles. The molecule has 2 amide bonds. The molecule has 5 rings (SSSR count). The third-order valence-corrected chi connectivity index (χ3v) is 7.33. The zero-order chi connectivity index (χ0) is 21.9. The number of amides is 2. The van der Waals surface area contributed by atoms with Gasteiger partial charge in [0.25, 0.3) is 0 Å². The van der Waals surface area contributed by atoms with Crippen LogP contribution < -0.4 is 15.4 Å². The summed E-state index contributed by atoms with van der Waals surface area (Å²) in [4.78, 5) is 29.5. The maximum Gasteiger partial charge on any atom is 0.250 e. The number of aryl methyl sites for hydroxylation is 1. The summed E-state index contributed by atoms with van der Waals surface area (Å²) in [6.07, 6.45) is 2.58. The number of fused-ring (bicyclic) bond motifs is 4. The lowest BCUT2D eigenvalue weighted by Gasteiger charge is -2.36. The lowest BCUT2D eigenvalue weighted by atomic mass is 9.78. The van der Waals surface area contributed by atoms with Crippen molar-refractivity contribution in [3.8, 4) is 5.75 Å². The van der Waals surface area contributed by atoms with E-state index >= 15 is 0 Å². The highest BCUT2D eigenvalue weighted by atomic mass is 35.5. The summed E-state index contributed by atoms with van der Waals surface area (Å²) in [5.41, 5.74) is 1.88. The third-order valence-electron chi connectivity index (χ3n) is 6.87. The SMILES string of the molecule is COc1ccc(Cl)cc1NC(=O)[C@@H]1C[C@H]2CCCN2[C@@]12C(=O)Nc1c(C)cc(Cl)cc12. The van der Waals surface area contributed by atoms with E-state index in [4.69, 9.17) is 27.9 Å². The van der Waals surface area contributed by atoms with Crippen molar-refractivity contribution in [3.05, 3.63) is 51.5 Å². The second kappa shape index (κ2) is 7.40. The third kappa shape index (κ3) is 2.96. The molecule has 0 unspecified atom stereocenters. The van der Waals surface area contributed by atoms with Gasteiger partial charge >= 0.3 is 0 Å². The second-order valence-electron chi connectivity index (χ2n) is 8.48. The molecular formula is C23H23Cl2N3O3. The number of halogens is 2. The van der Waals surface area contributed by atoms with E-state index in [1.807, 2.05) is 19.1 Å². The minimum Gasteiger partial charge on any atom is -0.495 e. The van der Waals surface area contributed by atoms with Crippen LogP contribution in [0.4, 0.5) is 11.4 Å². The number of rotatable bonds is 3. The molecule has 2 N–H and O–H groups in total. The van der Waals surface area contributed by atoms with Crippen molar-refractivity contribution in [3.63, 3.8) is 0 Å². The molecular weight excluding hydrogens is 437 g/mol. The van der Waals surface area contributed by atoms with Gasteiger partial charge in [0.1, 0.15) is 11.3 Å². The largest absolute Gasteiger partial charge is 0.495 e. The van der Waals surface area contributed by atoms with E-state index in [2.05, 4.69) is 15.5 Å². The van der Waals surface area contributed by atoms with Gasteiger partial charge in [0.15, 0.2) is 0 Å². The lowest BCUT2D eigenvalue weighted by molar-refractivity contribution is -0.135. The van der Waals surface area contributed by atoms with Gasteiger partial charge in [-0.1, -0.05) is 23.2 Å². The lowest BCUT2D eigenvalue weighted by Crippen LogP contribution is -2.53. The zero-order valence-corrected chi connectivity index (χ0v) is 18.8. The highest BCUT2D eigenvalue weighted by molar-refractivity contribution is 6.31. The Kier molecular flexibility index (Phi) is 4.92. The minimum absolute atomic E-state index is 0.157. The summed E-state index contributed by atoms with van der Waals surface area (Å²) in [6.45, 7) is 2.69. The van der Waals surface area contributed by atoms with Crippen molar-refractivity contribution in [2.24, 2.45) is 5.92 Å². The summed E-state index contributed by atoms with van der Waals surface area (Å²) in [5.74, 6) is -0.438. The molecule has 6 nitrogen and oxygen atoms in total. The molecule has 0 bridgehead atoms. The number of hydrogen-bond acceptors (Lipinski definition) is 4. The Morgan fingerprint density at radius 3 is 2.84 bits per heavy atom. The maximum atomic E-state index is 13.7. The van der Waals surface area contributed by atoms with Crippen LogP contribution in [0.5, 0.6) is 5.75 Å². The van der Waals surface area contributed by atoms with Crippen molar-refractivity contribution in [2.75, 3.05) is 24.3 Å². The minimum atomic E-state index is -1.07. The fourth-order valence-corrected chi connectivity index (χ4v) is 6.10. The monoisotopic (exact) mass is 459 g/mol. The number of methoxy groups -OCH3 is 1. The van der Waals surface area contributed by atoms with Crippen LogP contribution in [0.1, 0.15) is 30.4 Å². The Bertz CT molecular complexity index is 1110. The average molecular weight is 460 g/mol. The standard InChI is InChI=1S/C23H23Cl2N3O3/c1-12-8-14(25)9-16-20(12)27-22(30)23(16)17(11-15-4-3-7-28(15)23)21(29)26-18-10-13(24)5-6-19(18)31-2/h5-6,8-10,15,17H,3-4,7,11H2,1-2H3,(H,26,29)(H,27,30)/t15-,17+,23-/m1/s1. The summed E-state index contributed by atoms with van der Waals surface area (Å²) in [7, 11) is 1.54. The van der Waals surface area contributed by atoms with Crippen LogP contribution in [0, 0.1) is 12.8 Å². The number of hydrogen-bond donors (Lipinski definition) is 2. The van der Waals surface area contributed by atoms with Gasteiger partial charge in [0.05, 0.1) is 18.7 Å². The molecule has 31 heavy (non-hydrogen) atoms. The molecule has 0 aromatic heterocycles. The van der Waals surface area contributed by atoms with Crippen LogP contribution in [0.25, 0.3) is 0 Å². The van der Waals surface area contributed by atoms with Gasteiger partial charge in [-0.3, -0.25) is 14.5 Å². The molecule has 0 radical (unpaired) electrons. The summed E-state index contributed by atoms with van der Waals surface area (Å²) in [6, 6.07) is 8.92. The number of carbonyl (C=O) groups excluding carboxylic acids is 2. The molecule has 3 heterocycles. The second-order valence-corrected chi connectivity index (χ2v) is 9.35. The van der Waals surface area contributed by atoms with E-state index in [0.717, 1.165) is 36.2 Å². The first kappa shape index (κ1) is 20.6. The van der Waals surface area contributed by atoms with Gasteiger partial charge < -0.3 is 15.4 Å². The molecule has 162 valence electrons. The van der Waals surface area contributed by atoms with Crippen LogP contribution in [-0.4, -0.2) is 36.4 Å². The van der Waals surface area contributed by atoms with Gasteiger partial charge in [-0.05, 0) is 68.6 Å². The van der Waals surface area contributed by atoms with Crippen molar-refractivity contribution in [2.45, 2.75) is 37.8 Å². The first-order chi connectivity index (χ1) is 14.9. The van der Waals surface area contributed by atoms with Crippen molar-refractivity contribution >= 4 is 46.4 Å². The molecule has 3 atom stereocenters. The molecule has 1 spiro atoms. The van der Waals surface area contributed by atoms with Crippen LogP contribution in [0.3, 0.4) is 0 Å². The summed E-state index contributed by atoms with van der Waals surface area (Å²) >= 11 is 12.6. The smallest absolute Gasteiger partial charge is 0.250 e. The summed E-state index contributed by atoms with van der Waals surface area (Å²) < 4.78 is 5.38. The average Bonchev–Trinajstić information content (AvgIpc) is 3.37. The molecule has 2 aromatic rings. The van der Waals surface area contributed by atoms with Gasteiger partial charge in [-0.25, -0.2) is 0 Å². The summed E-state index contributed by atoms with van der Waals surface area (Å²) in [5, 5.41) is 7.08. The number of ether oxygens (including phenoxy) is 1. The maximum absolute atomic E-state index is 13.7. The first-order valence-corrected chi connectivity index (χ1v) is 11.1. The van der Waals surface area contributed by atoms with Gasteiger partial charge in [0.2, 0.25) is 11.8 Å². The molecule has 2 aromatic carbocycles. The fourth-order valence-electron chi connectivity index (χ4n) is 5.65. The van der Waals surface area contributed by atoms with E-state index < -0.39 is 11.5 Å². The molecule has 0 aliphatic carbocycles. The Balaban J connectivity index is 1.61. The number of anilines is 2. The van der Waals surface area contributed by atoms with Crippen molar-refractivity contribution in [1.29, 1.82) is 0 Å². The Hall–Kier alpha value is -2.28. The number of nitrogens with one attached hydrogen (secondary N) is 2. The number of nitrogens with zero attached hydrogens (tertiary/aromatic N) is 1. The fraction of sp³-hybridized carbons (Fsp3) is 0.391. The van der Waals surface area contributed by atoms with Crippen molar-refractivity contribution < 1.29 is 14.3 Å². The van der Waals surface area contributed by atoms with Crippen LogP contribution in [-0.2, 0) is 15.1 Å². The molecule has 8 heteroatoms. The van der Waals surface area contributed by atoms with E-state index in [0.29, 0.717) is 27.9 Å². The predicted molar refractivity (Wildman–Crippen MR) is 121 cm³/mol. The van der Waals surface area contributed by atoms with Gasteiger partial charge in [-0.2, -0.15) is 0 Å². The van der Waals surface area contributed by atoms with Crippen LogP contribution in [0.15, 0.2) is 30.3 Å². The highest BCUT2D eigenvalue weighted by Crippen LogP contribution is 2.56. The van der Waals surface area contributed by atoms with Crippen molar-refractivity contribution in [1.82, 2.24) is 4.90 Å². The van der Waals surface area contributed by atoms with Gasteiger partial charge in [-0.15, -0.1) is 0 Å². The Labute approximate surface area is 190 Å². The quantitative estimate of drug-likeness (QED) is 0.704. The number of carbonyl (C=O) groups is 2. The van der Waals surface area contributed by atoms with Crippen LogP contribution in [0.2, 0.25) is 10.0 Å². The number of benzene rings is 2. The van der Waals surface area contributed by atoms with Gasteiger partial charge in [0, 0.05) is 27.3 Å². The Morgan fingerprint density at radius 2 is 2.06 bits per heavy atom. The van der Waals surface area contributed by atoms with E-state index in [1.54, 1.807) is 18.2 Å². The molecule has 2 fully saturated rings. The normalized spacial score (nSPS) is 26.6. The highest BCUT2D eigenvalue weighted by Gasteiger charge is 2.65. The van der Waals surface area contributed by atoms with E-state index in [-0.39, 0.29) is 17.9 Å². The topological polar surface area (TPSA) is 70.7 Å².